The smallest absolute Gasteiger partial charge is 0.0333 e. The summed E-state index contributed by atoms with van der Waals surface area (Å²) in [6, 6.07) is 3.43. The van der Waals surface area contributed by atoms with E-state index < -0.39 is 0 Å². The van der Waals surface area contributed by atoms with Crippen molar-refractivity contribution in [2.75, 3.05) is 0 Å². The molecule has 0 spiro atoms. The molecule has 0 heterocycles. The molecule has 0 radical (unpaired) electrons. The summed E-state index contributed by atoms with van der Waals surface area (Å²) < 4.78 is 0. The molecule has 0 aliphatic rings. The predicted molar refractivity (Wildman–Crippen MR) is 101 cm³/mol. The highest BCUT2D eigenvalue weighted by molar-refractivity contribution is 6.79. The average Bonchev–Trinajstić information content (AvgIpc) is 2.15. The van der Waals surface area contributed by atoms with Crippen LogP contribution in [-0.2, 0) is 0 Å². The van der Waals surface area contributed by atoms with Gasteiger partial charge in [-0.05, 0) is 0 Å². The zero-order chi connectivity index (χ0) is 13.4. The number of hydrogen-bond acceptors (Lipinski definition) is 0. The molecule has 0 rings (SSSR count). The fourth-order valence-electron chi connectivity index (χ4n) is 3.23. The topological polar surface area (TPSA) is 0 Å². The zero-order valence-corrected chi connectivity index (χ0v) is 19.5. The first kappa shape index (κ1) is 18.1. The van der Waals surface area contributed by atoms with Gasteiger partial charge in [0, 0.05) is 44.7 Å². The maximum Gasteiger partial charge on any atom is 0.0333 e. The minimum atomic E-state index is -0.366. The second-order valence-electron chi connectivity index (χ2n) is 7.13. The molecule has 3 atom stereocenters. The highest BCUT2D eigenvalue weighted by atomic mass is 28.3. The van der Waals surface area contributed by atoms with E-state index in [2.05, 4.69) is 45.8 Å². The third kappa shape index (κ3) is 9.64. The summed E-state index contributed by atoms with van der Waals surface area (Å²) in [6.07, 6.45) is 0. The lowest BCUT2D eigenvalue weighted by Crippen LogP contribution is -2.28. The van der Waals surface area contributed by atoms with Gasteiger partial charge in [-0.15, -0.1) is 0 Å². The van der Waals surface area contributed by atoms with Crippen LogP contribution in [0.25, 0.3) is 0 Å². The molecular weight excluding hydrogens is 285 g/mol. The second-order valence-corrected chi connectivity index (χ2v) is 23.9. The Morgan fingerprint density at radius 3 is 1.88 bits per heavy atom. The molecule has 0 saturated heterocycles. The summed E-state index contributed by atoms with van der Waals surface area (Å²) in [5.41, 5.74) is 4.73. The van der Waals surface area contributed by atoms with Crippen LogP contribution in [0, 0.1) is 0 Å². The lowest BCUT2D eigenvalue weighted by atomic mass is 10.5. The standard InChI is InChI=1S/C12H36Si5/c1-13-10-16(6)9-12(8-14(2)3)17(7)11-15(4)5/h12,14-17H,8-11,13H2,1-7H3. The molecule has 0 fully saturated rings. The Hall–Kier alpha value is 1.08. The molecule has 0 amide bonds. The summed E-state index contributed by atoms with van der Waals surface area (Å²) in [7, 11) is -0.920. The van der Waals surface area contributed by atoms with Crippen molar-refractivity contribution >= 4 is 44.7 Å². The molecular formula is C12H36Si5. The van der Waals surface area contributed by atoms with Crippen molar-refractivity contribution in [1.82, 2.24) is 0 Å². The zero-order valence-electron chi connectivity index (χ0n) is 13.4. The average molecular weight is 321 g/mol. The first-order valence-electron chi connectivity index (χ1n) is 7.86. The molecule has 0 bridgehead atoms. The summed E-state index contributed by atoms with van der Waals surface area (Å²) in [5, 5.41) is 0. The Balaban J connectivity index is 4.30. The number of rotatable bonds is 9. The van der Waals surface area contributed by atoms with E-state index >= 15 is 0 Å². The summed E-state index contributed by atoms with van der Waals surface area (Å²) in [5.74, 6) is 0. The van der Waals surface area contributed by atoms with Crippen molar-refractivity contribution < 1.29 is 0 Å². The Morgan fingerprint density at radius 1 is 0.882 bits per heavy atom. The van der Waals surface area contributed by atoms with Crippen LogP contribution in [0.1, 0.15) is 0 Å². The lowest BCUT2D eigenvalue weighted by Gasteiger charge is -2.27. The van der Waals surface area contributed by atoms with Crippen LogP contribution < -0.4 is 0 Å². The fraction of sp³-hybridized carbons (Fsp3) is 1.00. The van der Waals surface area contributed by atoms with E-state index in [4.69, 9.17) is 0 Å². The lowest BCUT2D eigenvalue weighted by molar-refractivity contribution is 0.994. The van der Waals surface area contributed by atoms with Crippen molar-refractivity contribution in [1.29, 1.82) is 0 Å². The third-order valence-electron chi connectivity index (χ3n) is 3.91. The monoisotopic (exact) mass is 320 g/mol. The normalized spacial score (nSPS) is 18.2. The van der Waals surface area contributed by atoms with Gasteiger partial charge in [0.2, 0.25) is 0 Å². The molecule has 3 unspecified atom stereocenters. The third-order valence-corrected chi connectivity index (χ3v) is 23.1. The molecule has 17 heavy (non-hydrogen) atoms. The van der Waals surface area contributed by atoms with Crippen LogP contribution in [0.5, 0.6) is 0 Å². The molecule has 0 aliphatic carbocycles. The van der Waals surface area contributed by atoms with E-state index in [1.807, 2.05) is 0 Å². The number of hydrogen-bond donors (Lipinski definition) is 0. The molecule has 0 aromatic carbocycles. The SMILES string of the molecule is C[SiH2]C[SiH](C)CC(C[SiH](C)C)[SiH](C)C[SiH](C)C. The van der Waals surface area contributed by atoms with Crippen LogP contribution in [0.3, 0.4) is 0 Å². The molecule has 5 heteroatoms. The minimum Gasteiger partial charge on any atom is -0.0750 e. The molecule has 0 N–H and O–H groups in total. The Kier molecular flexibility index (Phi) is 10.6. The quantitative estimate of drug-likeness (QED) is 0.573. The van der Waals surface area contributed by atoms with Gasteiger partial charge < -0.3 is 0 Å². The molecule has 0 aliphatic heterocycles. The molecule has 104 valence electrons. The summed E-state index contributed by atoms with van der Waals surface area (Å²) in [6.45, 7) is 18.2. The summed E-state index contributed by atoms with van der Waals surface area (Å²) >= 11 is 0. The molecule has 0 nitrogen and oxygen atoms in total. The maximum atomic E-state index is 2.71. The van der Waals surface area contributed by atoms with Crippen molar-refractivity contribution in [3.05, 3.63) is 0 Å². The van der Waals surface area contributed by atoms with Gasteiger partial charge in [-0.3, -0.25) is 0 Å². The van der Waals surface area contributed by atoms with Crippen molar-refractivity contribution in [2.45, 2.75) is 74.8 Å². The van der Waals surface area contributed by atoms with Crippen molar-refractivity contribution in [3.63, 3.8) is 0 Å². The molecule has 0 aromatic rings. The van der Waals surface area contributed by atoms with Gasteiger partial charge in [0.25, 0.3) is 0 Å². The Morgan fingerprint density at radius 2 is 1.47 bits per heavy atom. The van der Waals surface area contributed by atoms with E-state index in [0.29, 0.717) is 9.52 Å². The van der Waals surface area contributed by atoms with Crippen LogP contribution in [0.15, 0.2) is 0 Å². The highest BCUT2D eigenvalue weighted by Crippen LogP contribution is 2.28. The van der Waals surface area contributed by atoms with Crippen LogP contribution in [0.2, 0.25) is 74.8 Å². The Labute approximate surface area is 119 Å². The van der Waals surface area contributed by atoms with Gasteiger partial charge in [0.1, 0.15) is 0 Å². The molecule has 0 aromatic heterocycles. The van der Waals surface area contributed by atoms with E-state index in [9.17, 15) is 0 Å². The van der Waals surface area contributed by atoms with E-state index in [-0.39, 0.29) is 35.2 Å². The van der Waals surface area contributed by atoms with Crippen molar-refractivity contribution in [2.24, 2.45) is 0 Å². The van der Waals surface area contributed by atoms with Crippen LogP contribution in [-0.4, -0.2) is 44.7 Å². The molecule has 0 saturated carbocycles. The first-order chi connectivity index (χ1) is 7.86. The van der Waals surface area contributed by atoms with E-state index in [1.165, 1.54) is 5.54 Å². The minimum absolute atomic E-state index is 0.286. The fourth-order valence-corrected chi connectivity index (χ4v) is 25.4. The predicted octanol–water partition coefficient (Wildman–Crippen LogP) is 2.76. The first-order valence-corrected chi connectivity index (χ1v) is 22.0. The second kappa shape index (κ2) is 9.94. The van der Waals surface area contributed by atoms with Crippen LogP contribution in [0.4, 0.5) is 0 Å². The highest BCUT2D eigenvalue weighted by Gasteiger charge is 2.23. The van der Waals surface area contributed by atoms with Gasteiger partial charge in [0.15, 0.2) is 0 Å². The van der Waals surface area contributed by atoms with Crippen molar-refractivity contribution in [3.8, 4) is 0 Å². The van der Waals surface area contributed by atoms with Crippen LogP contribution >= 0.6 is 0 Å². The van der Waals surface area contributed by atoms with E-state index in [0.717, 1.165) is 0 Å². The van der Waals surface area contributed by atoms with Gasteiger partial charge in [-0.25, -0.2) is 0 Å². The van der Waals surface area contributed by atoms with E-state index in [1.54, 1.807) is 23.4 Å². The van der Waals surface area contributed by atoms with Gasteiger partial charge in [0.05, 0.1) is 0 Å². The Bertz CT molecular complexity index is 184. The maximum absolute atomic E-state index is 2.71. The largest absolute Gasteiger partial charge is 0.0750 e. The van der Waals surface area contributed by atoms with Gasteiger partial charge in [-0.1, -0.05) is 74.8 Å². The van der Waals surface area contributed by atoms with Gasteiger partial charge >= 0.3 is 0 Å². The summed E-state index contributed by atoms with van der Waals surface area (Å²) in [4.78, 5) is 0. The van der Waals surface area contributed by atoms with Gasteiger partial charge in [-0.2, -0.15) is 0 Å².